The van der Waals surface area contributed by atoms with E-state index in [1.165, 1.54) is 0 Å². The molecule has 2 aliphatic heterocycles. The molecule has 1 atom stereocenters. The number of hydrogen-bond acceptors (Lipinski definition) is 5. The fourth-order valence-corrected chi connectivity index (χ4v) is 3.16. The molecule has 2 aliphatic rings. The van der Waals surface area contributed by atoms with Crippen molar-refractivity contribution < 1.29 is 14.6 Å². The molecule has 0 radical (unpaired) electrons. The summed E-state index contributed by atoms with van der Waals surface area (Å²) >= 11 is 0. The number of methoxy groups -OCH3 is 1. The smallest absolute Gasteiger partial charge is 0.192 e. The summed E-state index contributed by atoms with van der Waals surface area (Å²) < 4.78 is 5.13. The van der Waals surface area contributed by atoms with Gasteiger partial charge < -0.3 is 20.1 Å². The second-order valence-corrected chi connectivity index (χ2v) is 6.03. The van der Waals surface area contributed by atoms with Gasteiger partial charge in [0, 0.05) is 24.2 Å². The molecule has 2 N–H and O–H groups in total. The van der Waals surface area contributed by atoms with Crippen LogP contribution < -0.4 is 10.1 Å². The third-order valence-electron chi connectivity index (χ3n) is 4.46. The number of carbonyl (C=O) groups excluding carboxylic acids is 1. The van der Waals surface area contributed by atoms with Crippen LogP contribution in [0.15, 0.2) is 35.7 Å². The number of carbonyl (C=O) groups is 1. The number of fused-ring (bicyclic) bond motifs is 1. The molecule has 1 aromatic carbocycles. The lowest BCUT2D eigenvalue weighted by Crippen LogP contribution is -2.55. The van der Waals surface area contributed by atoms with Gasteiger partial charge in [-0.3, -0.25) is 4.79 Å². The van der Waals surface area contributed by atoms with Gasteiger partial charge in [-0.2, -0.15) is 0 Å². The fourth-order valence-electron chi connectivity index (χ4n) is 3.16. The maximum Gasteiger partial charge on any atom is 0.192 e. The van der Waals surface area contributed by atoms with Gasteiger partial charge in [0.2, 0.25) is 0 Å². The first kappa shape index (κ1) is 14.9. The average Bonchev–Trinajstić information content (AvgIpc) is 2.55. The molecule has 1 saturated heterocycles. The lowest BCUT2D eigenvalue weighted by atomic mass is 9.90. The minimum Gasteiger partial charge on any atom is -0.497 e. The van der Waals surface area contributed by atoms with Gasteiger partial charge in [-0.1, -0.05) is 0 Å². The number of Topliss-reactive ketones (excluding diaryl/α,β-unsaturated/α-hetero) is 1. The van der Waals surface area contributed by atoms with Gasteiger partial charge in [-0.25, -0.2) is 0 Å². The number of nitrogens with zero attached hydrogens (tertiary/aromatic N) is 1. The second kappa shape index (κ2) is 5.65. The predicted octanol–water partition coefficient (Wildman–Crippen LogP) is 1.89. The monoisotopic (exact) mass is 302 g/mol. The zero-order chi connectivity index (χ0) is 15.7. The van der Waals surface area contributed by atoms with Crippen molar-refractivity contribution >= 4 is 5.78 Å². The van der Waals surface area contributed by atoms with Gasteiger partial charge in [0.1, 0.15) is 17.3 Å². The van der Waals surface area contributed by atoms with Gasteiger partial charge in [-0.05, 0) is 50.5 Å². The Balaban J connectivity index is 1.94. The first-order valence-electron chi connectivity index (χ1n) is 7.69. The molecule has 2 heterocycles. The SMILES string of the molecule is COc1ccc(C(=O)C2=C3NCCCN3[C@](C)(O)CC2)cc1. The van der Waals surface area contributed by atoms with E-state index in [2.05, 4.69) is 5.32 Å². The zero-order valence-electron chi connectivity index (χ0n) is 13.1. The van der Waals surface area contributed by atoms with Gasteiger partial charge in [0.05, 0.1) is 7.11 Å². The van der Waals surface area contributed by atoms with Crippen molar-refractivity contribution in [3.63, 3.8) is 0 Å². The molecule has 22 heavy (non-hydrogen) atoms. The van der Waals surface area contributed by atoms with Crippen LogP contribution in [0.3, 0.4) is 0 Å². The predicted molar refractivity (Wildman–Crippen MR) is 83.5 cm³/mol. The maximum atomic E-state index is 12.8. The molecule has 0 aliphatic carbocycles. The summed E-state index contributed by atoms with van der Waals surface area (Å²) in [6.45, 7) is 3.42. The van der Waals surface area contributed by atoms with Crippen molar-refractivity contribution in [2.45, 2.75) is 31.9 Å². The Bertz CT molecular complexity index is 605. The minimum absolute atomic E-state index is 0.0209. The molecule has 1 aromatic rings. The average molecular weight is 302 g/mol. The van der Waals surface area contributed by atoms with Crippen LogP contribution in [-0.4, -0.2) is 41.7 Å². The first-order valence-corrected chi connectivity index (χ1v) is 7.69. The summed E-state index contributed by atoms with van der Waals surface area (Å²) in [6, 6.07) is 7.16. The van der Waals surface area contributed by atoms with Crippen LogP contribution in [0.5, 0.6) is 5.75 Å². The van der Waals surface area contributed by atoms with Crippen LogP contribution in [0.2, 0.25) is 0 Å². The summed E-state index contributed by atoms with van der Waals surface area (Å²) in [5.41, 5.74) is 0.528. The van der Waals surface area contributed by atoms with E-state index in [1.54, 1.807) is 31.4 Å². The number of ketones is 1. The molecule has 0 spiro atoms. The number of hydrogen-bond donors (Lipinski definition) is 2. The Hall–Kier alpha value is -2.01. The molecule has 0 saturated carbocycles. The Morgan fingerprint density at radius 1 is 1.36 bits per heavy atom. The van der Waals surface area contributed by atoms with Gasteiger partial charge in [0.25, 0.3) is 0 Å². The van der Waals surface area contributed by atoms with E-state index >= 15 is 0 Å². The molecule has 0 unspecified atom stereocenters. The molecular weight excluding hydrogens is 280 g/mol. The van der Waals surface area contributed by atoms with E-state index in [4.69, 9.17) is 4.74 Å². The summed E-state index contributed by atoms with van der Waals surface area (Å²) in [5, 5.41) is 13.8. The fraction of sp³-hybridized carbons (Fsp3) is 0.471. The lowest BCUT2D eigenvalue weighted by Gasteiger charge is -2.47. The Morgan fingerprint density at radius 2 is 2.09 bits per heavy atom. The van der Waals surface area contributed by atoms with Crippen LogP contribution >= 0.6 is 0 Å². The number of benzene rings is 1. The lowest BCUT2D eigenvalue weighted by molar-refractivity contribution is -0.0964. The van der Waals surface area contributed by atoms with Crippen molar-refractivity contribution in [1.82, 2.24) is 10.2 Å². The Morgan fingerprint density at radius 3 is 2.77 bits per heavy atom. The van der Waals surface area contributed by atoms with Crippen LogP contribution in [0.25, 0.3) is 0 Å². The topological polar surface area (TPSA) is 61.8 Å². The van der Waals surface area contributed by atoms with E-state index in [1.807, 2.05) is 11.8 Å². The number of ether oxygens (including phenoxy) is 1. The standard InChI is InChI=1S/C17H22N2O3/c1-17(21)9-8-14(16-18-10-3-11-19(16)17)15(20)12-4-6-13(22-2)7-5-12/h4-7,18,21H,3,8-11H2,1-2H3/t17-/m1/s1. The molecule has 1 fully saturated rings. The second-order valence-electron chi connectivity index (χ2n) is 6.03. The highest BCUT2D eigenvalue weighted by molar-refractivity contribution is 6.09. The van der Waals surface area contributed by atoms with Crippen LogP contribution in [0.1, 0.15) is 36.5 Å². The molecule has 5 heteroatoms. The van der Waals surface area contributed by atoms with E-state index in [-0.39, 0.29) is 5.78 Å². The maximum absolute atomic E-state index is 12.8. The molecule has 0 amide bonds. The highest BCUT2D eigenvalue weighted by Gasteiger charge is 2.39. The quantitative estimate of drug-likeness (QED) is 0.835. The van der Waals surface area contributed by atoms with E-state index in [9.17, 15) is 9.90 Å². The van der Waals surface area contributed by atoms with E-state index in [0.29, 0.717) is 18.4 Å². The largest absolute Gasteiger partial charge is 0.497 e. The van der Waals surface area contributed by atoms with Crippen molar-refractivity contribution in [1.29, 1.82) is 0 Å². The van der Waals surface area contributed by atoms with Gasteiger partial charge in [0.15, 0.2) is 5.78 Å². The molecule has 5 nitrogen and oxygen atoms in total. The number of rotatable bonds is 3. The first-order chi connectivity index (χ1) is 10.5. The number of nitrogens with one attached hydrogen (secondary N) is 1. The van der Waals surface area contributed by atoms with Crippen LogP contribution in [0, 0.1) is 0 Å². The normalized spacial score (nSPS) is 24.6. The minimum atomic E-state index is -0.882. The molecule has 3 rings (SSSR count). The van der Waals surface area contributed by atoms with Crippen LogP contribution in [-0.2, 0) is 0 Å². The third-order valence-corrected chi connectivity index (χ3v) is 4.46. The van der Waals surface area contributed by atoms with Crippen molar-refractivity contribution in [3.05, 3.63) is 41.2 Å². The summed E-state index contributed by atoms with van der Waals surface area (Å²) in [4.78, 5) is 14.7. The summed E-state index contributed by atoms with van der Waals surface area (Å²) in [6.07, 6.45) is 2.11. The van der Waals surface area contributed by atoms with E-state index in [0.717, 1.165) is 36.7 Å². The summed E-state index contributed by atoms with van der Waals surface area (Å²) in [5.74, 6) is 1.55. The molecule has 0 bridgehead atoms. The van der Waals surface area contributed by atoms with Gasteiger partial charge >= 0.3 is 0 Å². The van der Waals surface area contributed by atoms with E-state index < -0.39 is 5.72 Å². The molecule has 118 valence electrons. The molecule has 0 aromatic heterocycles. The van der Waals surface area contributed by atoms with Crippen molar-refractivity contribution in [2.24, 2.45) is 0 Å². The van der Waals surface area contributed by atoms with Crippen molar-refractivity contribution in [2.75, 3.05) is 20.2 Å². The Labute approximate surface area is 130 Å². The Kier molecular flexibility index (Phi) is 3.83. The highest BCUT2D eigenvalue weighted by atomic mass is 16.5. The van der Waals surface area contributed by atoms with Crippen LogP contribution in [0.4, 0.5) is 0 Å². The molecular formula is C17H22N2O3. The highest BCUT2D eigenvalue weighted by Crippen LogP contribution is 2.35. The van der Waals surface area contributed by atoms with Gasteiger partial charge in [-0.15, -0.1) is 0 Å². The zero-order valence-corrected chi connectivity index (χ0v) is 13.1. The number of aliphatic hydroxyl groups is 1. The van der Waals surface area contributed by atoms with Crippen molar-refractivity contribution in [3.8, 4) is 5.75 Å². The number of allylic oxidation sites excluding steroid dienone is 1. The third kappa shape index (κ3) is 2.57. The summed E-state index contributed by atoms with van der Waals surface area (Å²) in [7, 11) is 1.61.